The number of nitrogens with zero attached hydrogens (tertiary/aromatic N) is 1. The number of primary amides is 1. The van der Waals surface area contributed by atoms with E-state index < -0.39 is 18.0 Å². The Bertz CT molecular complexity index is 445. The summed E-state index contributed by atoms with van der Waals surface area (Å²) in [6.07, 6.45) is 0. The van der Waals surface area contributed by atoms with Crippen LogP contribution in [0, 0.1) is 0 Å². The van der Waals surface area contributed by atoms with Crippen LogP contribution in [0.3, 0.4) is 0 Å². The van der Waals surface area contributed by atoms with Crippen LogP contribution in [0.5, 0.6) is 0 Å². The van der Waals surface area contributed by atoms with E-state index in [9.17, 15) is 9.59 Å². The minimum absolute atomic E-state index is 0.462. The molecule has 0 radical (unpaired) electrons. The summed E-state index contributed by atoms with van der Waals surface area (Å²) >= 11 is 0. The van der Waals surface area contributed by atoms with E-state index in [-0.39, 0.29) is 0 Å². The van der Waals surface area contributed by atoms with Gasteiger partial charge in [-0.1, -0.05) is 12.1 Å². The average molecular weight is 250 g/mol. The zero-order chi connectivity index (χ0) is 13.7. The molecule has 1 aromatic rings. The van der Waals surface area contributed by atoms with Crippen LogP contribution in [0.15, 0.2) is 24.3 Å². The summed E-state index contributed by atoms with van der Waals surface area (Å²) < 4.78 is 0. The second-order valence-electron chi connectivity index (χ2n) is 4.13. The van der Waals surface area contributed by atoms with Gasteiger partial charge in [-0.2, -0.15) is 0 Å². The number of nitrogens with two attached hydrogens (primary N) is 1. The largest absolute Gasteiger partial charge is 0.376 e. The highest BCUT2D eigenvalue weighted by Crippen LogP contribution is 2.23. The molecule has 18 heavy (non-hydrogen) atoms. The van der Waals surface area contributed by atoms with E-state index in [1.54, 1.807) is 6.92 Å². The monoisotopic (exact) mass is 250 g/mol. The van der Waals surface area contributed by atoms with E-state index in [0.29, 0.717) is 0 Å². The van der Waals surface area contributed by atoms with Crippen LogP contribution in [0.4, 0.5) is 16.2 Å². The van der Waals surface area contributed by atoms with Crippen molar-refractivity contribution in [2.45, 2.75) is 13.0 Å². The Kier molecular flexibility index (Phi) is 4.53. The number of hydrogen-bond acceptors (Lipinski definition) is 4. The lowest BCUT2D eigenvalue weighted by Gasteiger charge is -2.21. The lowest BCUT2D eigenvalue weighted by molar-refractivity contribution is -0.120. The first kappa shape index (κ1) is 13.8. The zero-order valence-electron chi connectivity index (χ0n) is 10.7. The number of imide groups is 1. The quantitative estimate of drug-likeness (QED) is 0.735. The number of benzene rings is 1. The molecule has 1 aromatic carbocycles. The predicted molar refractivity (Wildman–Crippen MR) is 71.6 cm³/mol. The summed E-state index contributed by atoms with van der Waals surface area (Å²) in [5.74, 6) is -0.462. The molecule has 4 N–H and O–H groups in total. The number of anilines is 2. The molecule has 0 aliphatic rings. The van der Waals surface area contributed by atoms with Gasteiger partial charge in [-0.15, -0.1) is 0 Å². The summed E-state index contributed by atoms with van der Waals surface area (Å²) in [6, 6.07) is 6.17. The maximum absolute atomic E-state index is 11.6. The van der Waals surface area contributed by atoms with Gasteiger partial charge in [-0.25, -0.2) is 4.79 Å². The van der Waals surface area contributed by atoms with Gasteiger partial charge < -0.3 is 16.0 Å². The Morgan fingerprint density at radius 3 is 2.44 bits per heavy atom. The highest BCUT2D eigenvalue weighted by atomic mass is 16.2. The van der Waals surface area contributed by atoms with Crippen molar-refractivity contribution < 1.29 is 9.59 Å². The molecular weight excluding hydrogens is 232 g/mol. The molecule has 98 valence electrons. The van der Waals surface area contributed by atoms with Crippen LogP contribution >= 0.6 is 0 Å². The standard InChI is InChI=1S/C12H18N4O2/c1-8(11(17)15-12(13)18)14-9-6-4-5-7-10(9)16(2)3/h4-8,14H,1-3H3,(H3,13,15,17,18). The molecule has 6 heteroatoms. The Labute approximate surface area is 106 Å². The smallest absolute Gasteiger partial charge is 0.318 e. The van der Waals surface area contributed by atoms with Crippen LogP contribution in [0.2, 0.25) is 0 Å². The molecule has 0 heterocycles. The molecule has 0 aliphatic carbocycles. The van der Waals surface area contributed by atoms with Gasteiger partial charge in [0.1, 0.15) is 6.04 Å². The maximum Gasteiger partial charge on any atom is 0.318 e. The van der Waals surface area contributed by atoms with Gasteiger partial charge in [0.15, 0.2) is 0 Å². The molecule has 0 saturated carbocycles. The fourth-order valence-electron chi connectivity index (χ4n) is 1.51. The van der Waals surface area contributed by atoms with Crippen molar-refractivity contribution in [1.82, 2.24) is 5.32 Å². The van der Waals surface area contributed by atoms with Gasteiger partial charge in [0.05, 0.1) is 11.4 Å². The SMILES string of the molecule is CC(Nc1ccccc1N(C)C)C(=O)NC(N)=O. The third-order valence-corrected chi connectivity index (χ3v) is 2.40. The molecule has 0 aromatic heterocycles. The van der Waals surface area contributed by atoms with Crippen molar-refractivity contribution in [2.75, 3.05) is 24.3 Å². The molecular formula is C12H18N4O2. The van der Waals surface area contributed by atoms with Crippen molar-refractivity contribution >= 4 is 23.3 Å². The van der Waals surface area contributed by atoms with E-state index >= 15 is 0 Å². The first-order valence-corrected chi connectivity index (χ1v) is 5.55. The molecule has 0 bridgehead atoms. The Morgan fingerprint density at radius 1 is 1.28 bits per heavy atom. The topological polar surface area (TPSA) is 87.5 Å². The molecule has 0 spiro atoms. The van der Waals surface area contributed by atoms with Crippen molar-refractivity contribution in [3.63, 3.8) is 0 Å². The van der Waals surface area contributed by atoms with Crippen LogP contribution in [0.25, 0.3) is 0 Å². The summed E-state index contributed by atoms with van der Waals surface area (Å²) in [7, 11) is 3.82. The number of amides is 3. The Hall–Kier alpha value is -2.24. The second-order valence-corrected chi connectivity index (χ2v) is 4.13. The number of rotatable bonds is 4. The number of nitrogens with one attached hydrogen (secondary N) is 2. The number of carbonyl (C=O) groups is 2. The molecule has 0 saturated heterocycles. The van der Waals surface area contributed by atoms with Gasteiger partial charge in [-0.3, -0.25) is 10.1 Å². The molecule has 0 aliphatic heterocycles. The van der Waals surface area contributed by atoms with Crippen LogP contribution in [0.1, 0.15) is 6.92 Å². The van der Waals surface area contributed by atoms with Gasteiger partial charge in [0, 0.05) is 14.1 Å². The normalized spacial score (nSPS) is 11.5. The summed E-state index contributed by atoms with van der Waals surface area (Å²) in [6.45, 7) is 1.66. The van der Waals surface area contributed by atoms with Crippen molar-refractivity contribution in [2.24, 2.45) is 5.73 Å². The number of carbonyl (C=O) groups excluding carboxylic acids is 2. The van der Waals surface area contributed by atoms with E-state index in [1.807, 2.05) is 48.6 Å². The number of hydrogen-bond donors (Lipinski definition) is 3. The molecule has 1 atom stereocenters. The fraction of sp³-hybridized carbons (Fsp3) is 0.333. The lowest BCUT2D eigenvalue weighted by atomic mass is 10.2. The zero-order valence-corrected chi connectivity index (χ0v) is 10.7. The Balaban J connectivity index is 2.78. The number of urea groups is 1. The van der Waals surface area contributed by atoms with Crippen molar-refractivity contribution in [3.05, 3.63) is 24.3 Å². The van der Waals surface area contributed by atoms with Crippen LogP contribution in [-0.2, 0) is 4.79 Å². The minimum atomic E-state index is -0.852. The highest BCUT2D eigenvalue weighted by molar-refractivity contribution is 5.97. The van der Waals surface area contributed by atoms with Gasteiger partial charge in [0.2, 0.25) is 5.91 Å². The Morgan fingerprint density at radius 2 is 1.89 bits per heavy atom. The average Bonchev–Trinajstić information content (AvgIpc) is 2.28. The highest BCUT2D eigenvalue weighted by Gasteiger charge is 2.15. The van der Waals surface area contributed by atoms with Gasteiger partial charge >= 0.3 is 6.03 Å². The second kappa shape index (κ2) is 5.90. The predicted octanol–water partition coefficient (Wildman–Crippen LogP) is 0.748. The van der Waals surface area contributed by atoms with Gasteiger partial charge in [-0.05, 0) is 19.1 Å². The molecule has 1 rings (SSSR count). The first-order chi connectivity index (χ1) is 8.41. The van der Waals surface area contributed by atoms with E-state index in [4.69, 9.17) is 5.73 Å². The van der Waals surface area contributed by atoms with Crippen molar-refractivity contribution in [3.8, 4) is 0 Å². The van der Waals surface area contributed by atoms with E-state index in [2.05, 4.69) is 5.32 Å². The minimum Gasteiger partial charge on any atom is -0.376 e. The summed E-state index contributed by atoms with van der Waals surface area (Å²) in [5.41, 5.74) is 6.67. The molecule has 1 unspecified atom stereocenters. The van der Waals surface area contributed by atoms with Gasteiger partial charge in [0.25, 0.3) is 0 Å². The third-order valence-electron chi connectivity index (χ3n) is 2.40. The first-order valence-electron chi connectivity index (χ1n) is 5.55. The fourth-order valence-corrected chi connectivity index (χ4v) is 1.51. The third kappa shape index (κ3) is 3.65. The van der Waals surface area contributed by atoms with Crippen molar-refractivity contribution in [1.29, 1.82) is 0 Å². The molecule has 3 amide bonds. The van der Waals surface area contributed by atoms with Crippen LogP contribution in [-0.4, -0.2) is 32.1 Å². The number of para-hydroxylation sites is 2. The van der Waals surface area contributed by atoms with E-state index in [0.717, 1.165) is 11.4 Å². The summed E-state index contributed by atoms with van der Waals surface area (Å²) in [4.78, 5) is 24.1. The molecule has 6 nitrogen and oxygen atoms in total. The van der Waals surface area contributed by atoms with Crippen LogP contribution < -0.4 is 21.3 Å². The maximum atomic E-state index is 11.6. The van der Waals surface area contributed by atoms with E-state index in [1.165, 1.54) is 0 Å². The summed E-state index contributed by atoms with van der Waals surface area (Å²) in [5, 5.41) is 5.07. The lowest BCUT2D eigenvalue weighted by Crippen LogP contribution is -2.43. The molecule has 0 fully saturated rings.